The maximum Gasteiger partial charge on any atom is 0.289 e. The van der Waals surface area contributed by atoms with Crippen molar-refractivity contribution in [3.8, 4) is 0 Å². The van der Waals surface area contributed by atoms with E-state index in [-0.39, 0.29) is 35.8 Å². The first kappa shape index (κ1) is 23.7. The second kappa shape index (κ2) is 11.6. The zero-order valence-corrected chi connectivity index (χ0v) is 19.6. The van der Waals surface area contributed by atoms with Crippen LogP contribution in [0.15, 0.2) is 52.1 Å². The van der Waals surface area contributed by atoms with Gasteiger partial charge in [0.05, 0.1) is 6.26 Å². The summed E-state index contributed by atoms with van der Waals surface area (Å²) in [4.78, 5) is 32.5. The number of nitrogens with zero attached hydrogens (tertiary/aromatic N) is 3. The Balaban J connectivity index is 0.00000320. The number of hydrogen-bond donors (Lipinski definition) is 2. The average Bonchev–Trinajstić information content (AvgIpc) is 3.30. The van der Waals surface area contributed by atoms with Gasteiger partial charge in [-0.3, -0.25) is 14.6 Å². The molecule has 9 heteroatoms. The van der Waals surface area contributed by atoms with Gasteiger partial charge in [-0.2, -0.15) is 0 Å². The Hall–Kier alpha value is -2.56. The molecule has 2 heterocycles. The van der Waals surface area contributed by atoms with Crippen molar-refractivity contribution in [3.05, 3.63) is 59.5 Å². The molecular formula is C21H28IN5O3. The molecule has 1 aromatic carbocycles. The fourth-order valence-electron chi connectivity index (χ4n) is 3.23. The van der Waals surface area contributed by atoms with Crippen LogP contribution in [0.4, 0.5) is 0 Å². The van der Waals surface area contributed by atoms with E-state index in [1.807, 2.05) is 31.2 Å². The summed E-state index contributed by atoms with van der Waals surface area (Å²) in [5.41, 5.74) is 1.71. The number of furan rings is 1. The number of piperazine rings is 1. The minimum Gasteiger partial charge on any atom is -0.459 e. The number of carbonyl (C=O) groups is 2. The number of carbonyl (C=O) groups excluding carboxylic acids is 2. The van der Waals surface area contributed by atoms with E-state index in [4.69, 9.17) is 4.42 Å². The first-order chi connectivity index (χ1) is 14.1. The van der Waals surface area contributed by atoms with Gasteiger partial charge in [-0.1, -0.05) is 12.1 Å². The third-order valence-electron chi connectivity index (χ3n) is 4.81. The van der Waals surface area contributed by atoms with Crippen LogP contribution in [0, 0.1) is 0 Å². The van der Waals surface area contributed by atoms with Crippen LogP contribution < -0.4 is 10.6 Å². The van der Waals surface area contributed by atoms with Crippen LogP contribution in [-0.2, 0) is 6.54 Å². The van der Waals surface area contributed by atoms with Crippen LogP contribution >= 0.6 is 24.0 Å². The number of hydrogen-bond acceptors (Lipinski definition) is 4. The van der Waals surface area contributed by atoms with Crippen LogP contribution in [0.1, 0.15) is 33.4 Å². The number of benzene rings is 1. The van der Waals surface area contributed by atoms with E-state index < -0.39 is 0 Å². The van der Waals surface area contributed by atoms with Crippen molar-refractivity contribution in [2.45, 2.75) is 13.5 Å². The molecule has 2 amide bonds. The molecule has 2 N–H and O–H groups in total. The smallest absolute Gasteiger partial charge is 0.289 e. The van der Waals surface area contributed by atoms with Crippen molar-refractivity contribution in [2.24, 2.45) is 4.99 Å². The Morgan fingerprint density at radius 1 is 1.03 bits per heavy atom. The van der Waals surface area contributed by atoms with E-state index in [9.17, 15) is 9.59 Å². The summed E-state index contributed by atoms with van der Waals surface area (Å²) in [6.45, 7) is 5.73. The monoisotopic (exact) mass is 525 g/mol. The van der Waals surface area contributed by atoms with Gasteiger partial charge in [-0.05, 0) is 36.8 Å². The molecule has 1 aliphatic heterocycles. The Morgan fingerprint density at radius 3 is 2.27 bits per heavy atom. The molecule has 0 atom stereocenters. The highest BCUT2D eigenvalue weighted by Crippen LogP contribution is 2.10. The number of aliphatic imine (C=N–C) groups is 1. The molecule has 3 rings (SSSR count). The molecule has 2 aromatic rings. The minimum absolute atomic E-state index is 0. The molecule has 1 aliphatic rings. The van der Waals surface area contributed by atoms with E-state index in [1.165, 1.54) is 6.26 Å². The first-order valence-corrected chi connectivity index (χ1v) is 9.78. The summed E-state index contributed by atoms with van der Waals surface area (Å²) in [7, 11) is 1.75. The SMILES string of the molecule is CCNC(=O)c1ccc(CNC(=NC)N2CCN(C(=O)c3ccco3)CC2)cc1.I. The first-order valence-electron chi connectivity index (χ1n) is 9.78. The molecule has 0 aliphatic carbocycles. The fourth-order valence-corrected chi connectivity index (χ4v) is 3.23. The van der Waals surface area contributed by atoms with Crippen molar-refractivity contribution in [3.63, 3.8) is 0 Å². The largest absolute Gasteiger partial charge is 0.459 e. The van der Waals surface area contributed by atoms with Gasteiger partial charge in [0.25, 0.3) is 11.8 Å². The van der Waals surface area contributed by atoms with Crippen molar-refractivity contribution >= 4 is 41.8 Å². The zero-order valence-electron chi connectivity index (χ0n) is 17.3. The van der Waals surface area contributed by atoms with Crippen LogP contribution in [-0.4, -0.2) is 67.3 Å². The number of amides is 2. The molecule has 0 spiro atoms. The van der Waals surface area contributed by atoms with Gasteiger partial charge in [0.15, 0.2) is 11.7 Å². The molecule has 1 aromatic heterocycles. The normalized spacial score (nSPS) is 14.1. The van der Waals surface area contributed by atoms with Gasteiger partial charge in [0.2, 0.25) is 0 Å². The summed E-state index contributed by atoms with van der Waals surface area (Å²) in [6.07, 6.45) is 1.51. The van der Waals surface area contributed by atoms with Crippen LogP contribution in [0.25, 0.3) is 0 Å². The van der Waals surface area contributed by atoms with E-state index in [2.05, 4.69) is 20.5 Å². The van der Waals surface area contributed by atoms with Gasteiger partial charge < -0.3 is 24.9 Å². The van der Waals surface area contributed by atoms with E-state index in [1.54, 1.807) is 24.1 Å². The number of nitrogens with one attached hydrogen (secondary N) is 2. The predicted molar refractivity (Wildman–Crippen MR) is 126 cm³/mol. The number of guanidine groups is 1. The van der Waals surface area contributed by atoms with Gasteiger partial charge in [-0.15, -0.1) is 24.0 Å². The van der Waals surface area contributed by atoms with Crippen LogP contribution in [0.5, 0.6) is 0 Å². The highest BCUT2D eigenvalue weighted by Gasteiger charge is 2.25. The molecule has 1 fully saturated rings. The molecule has 0 bridgehead atoms. The second-order valence-electron chi connectivity index (χ2n) is 6.71. The van der Waals surface area contributed by atoms with E-state index in [0.29, 0.717) is 50.6 Å². The summed E-state index contributed by atoms with van der Waals surface area (Å²) in [5, 5.41) is 6.14. The summed E-state index contributed by atoms with van der Waals surface area (Å²) in [6, 6.07) is 10.9. The lowest BCUT2D eigenvalue weighted by Gasteiger charge is -2.36. The van der Waals surface area contributed by atoms with E-state index in [0.717, 1.165) is 11.5 Å². The standard InChI is InChI=1S/C21H27N5O3.HI/c1-3-23-19(27)17-8-6-16(7-9-17)15-24-21(22-2)26-12-10-25(11-13-26)20(28)18-5-4-14-29-18;/h4-9,14H,3,10-13,15H2,1-2H3,(H,22,24)(H,23,27);1H. The Labute approximate surface area is 193 Å². The highest BCUT2D eigenvalue weighted by molar-refractivity contribution is 14.0. The Bertz CT molecular complexity index is 844. The zero-order chi connectivity index (χ0) is 20.6. The van der Waals surface area contributed by atoms with Crippen molar-refractivity contribution < 1.29 is 14.0 Å². The van der Waals surface area contributed by atoms with Gasteiger partial charge in [0.1, 0.15) is 0 Å². The third kappa shape index (κ3) is 5.97. The molecule has 1 saturated heterocycles. The van der Waals surface area contributed by atoms with Gasteiger partial charge >= 0.3 is 0 Å². The summed E-state index contributed by atoms with van der Waals surface area (Å²) in [5.74, 6) is 1.02. The summed E-state index contributed by atoms with van der Waals surface area (Å²) >= 11 is 0. The van der Waals surface area contributed by atoms with Crippen molar-refractivity contribution in [1.82, 2.24) is 20.4 Å². The average molecular weight is 525 g/mol. The molecule has 30 heavy (non-hydrogen) atoms. The second-order valence-corrected chi connectivity index (χ2v) is 6.71. The van der Waals surface area contributed by atoms with Gasteiger partial charge in [-0.25, -0.2) is 0 Å². The molecule has 0 unspecified atom stereocenters. The minimum atomic E-state index is -0.0789. The molecular weight excluding hydrogens is 497 g/mol. The topological polar surface area (TPSA) is 90.2 Å². The van der Waals surface area contributed by atoms with Crippen LogP contribution in [0.3, 0.4) is 0 Å². The predicted octanol–water partition coefficient (Wildman–Crippen LogP) is 2.18. The van der Waals surface area contributed by atoms with Crippen LogP contribution in [0.2, 0.25) is 0 Å². The molecule has 0 saturated carbocycles. The quantitative estimate of drug-likeness (QED) is 0.355. The lowest BCUT2D eigenvalue weighted by molar-refractivity contribution is 0.0657. The molecule has 0 radical (unpaired) electrons. The van der Waals surface area contributed by atoms with Crippen molar-refractivity contribution in [1.29, 1.82) is 0 Å². The molecule has 8 nitrogen and oxygen atoms in total. The maximum atomic E-state index is 12.4. The molecule has 162 valence electrons. The number of halogens is 1. The lowest BCUT2D eigenvalue weighted by Crippen LogP contribution is -2.53. The Kier molecular flexibility index (Phi) is 9.15. The van der Waals surface area contributed by atoms with E-state index >= 15 is 0 Å². The summed E-state index contributed by atoms with van der Waals surface area (Å²) < 4.78 is 5.20. The maximum absolute atomic E-state index is 12.4. The number of rotatable bonds is 5. The van der Waals surface area contributed by atoms with Gasteiger partial charge in [0, 0.05) is 51.9 Å². The lowest BCUT2D eigenvalue weighted by atomic mass is 10.1. The van der Waals surface area contributed by atoms with Crippen molar-refractivity contribution in [2.75, 3.05) is 39.8 Å². The highest BCUT2D eigenvalue weighted by atomic mass is 127. The Morgan fingerprint density at radius 2 is 1.70 bits per heavy atom. The third-order valence-corrected chi connectivity index (χ3v) is 4.81. The fraction of sp³-hybridized carbons (Fsp3) is 0.381.